The Morgan fingerprint density at radius 2 is 1.86 bits per heavy atom. The van der Waals surface area contributed by atoms with Gasteiger partial charge in [-0.3, -0.25) is 9.59 Å². The number of ether oxygens (including phenoxy) is 2. The van der Waals surface area contributed by atoms with Crippen LogP contribution in [0.1, 0.15) is 16.2 Å². The summed E-state index contributed by atoms with van der Waals surface area (Å²) in [5.41, 5.74) is 2.30. The van der Waals surface area contributed by atoms with E-state index >= 15 is 0 Å². The first-order chi connectivity index (χ1) is 17.0. The molecule has 35 heavy (non-hydrogen) atoms. The first kappa shape index (κ1) is 22.4. The van der Waals surface area contributed by atoms with Crippen molar-refractivity contribution in [3.63, 3.8) is 0 Å². The number of thiazole rings is 1. The van der Waals surface area contributed by atoms with E-state index in [2.05, 4.69) is 15.4 Å². The van der Waals surface area contributed by atoms with Gasteiger partial charge in [0.05, 0.1) is 31.0 Å². The van der Waals surface area contributed by atoms with Crippen LogP contribution in [0.25, 0.3) is 27.4 Å². The number of fused-ring (bicyclic) bond motifs is 1. The van der Waals surface area contributed by atoms with Gasteiger partial charge in [-0.1, -0.05) is 12.1 Å². The molecule has 1 N–H and O–H groups in total. The van der Waals surface area contributed by atoms with Gasteiger partial charge in [0.15, 0.2) is 22.7 Å². The molecular weight excluding hydrogens is 468 g/mol. The largest absolute Gasteiger partial charge is 0.493 e. The lowest BCUT2D eigenvalue weighted by molar-refractivity contribution is 0.0996. The molecule has 0 saturated carbocycles. The molecule has 0 radical (unpaired) electrons. The standard InChI is InChI=1S/C25H20N4O5S/c1-14-10-23(27-24(31)22-12-18(30)16-6-4-5-7-19(16)34-22)29(28-14)25-26-17(13-35-25)15-8-9-20(32-2)21(11-15)33-3/h4-13H,1-3H3,(H,27,31). The number of nitrogens with one attached hydrogen (secondary N) is 1. The van der Waals surface area contributed by atoms with Crippen molar-refractivity contribution in [1.82, 2.24) is 14.8 Å². The highest BCUT2D eigenvalue weighted by Crippen LogP contribution is 2.33. The molecule has 0 fully saturated rings. The van der Waals surface area contributed by atoms with E-state index in [1.807, 2.05) is 30.5 Å². The zero-order valence-corrected chi connectivity index (χ0v) is 19.9. The van der Waals surface area contributed by atoms with Gasteiger partial charge in [0, 0.05) is 23.1 Å². The predicted octanol–water partition coefficient (Wildman–Crippen LogP) is 4.68. The maximum absolute atomic E-state index is 12.9. The number of amides is 1. The van der Waals surface area contributed by atoms with Crippen LogP contribution in [-0.4, -0.2) is 34.9 Å². The summed E-state index contributed by atoms with van der Waals surface area (Å²) in [6.45, 7) is 1.81. The smallest absolute Gasteiger partial charge is 0.292 e. The first-order valence-corrected chi connectivity index (χ1v) is 11.4. The van der Waals surface area contributed by atoms with Gasteiger partial charge < -0.3 is 19.2 Å². The van der Waals surface area contributed by atoms with E-state index in [9.17, 15) is 9.59 Å². The Labute approximate surface area is 203 Å². The van der Waals surface area contributed by atoms with E-state index in [-0.39, 0.29) is 11.2 Å². The second-order valence-electron chi connectivity index (χ2n) is 7.59. The number of carbonyl (C=O) groups excluding carboxylic acids is 1. The molecule has 10 heteroatoms. The average molecular weight is 489 g/mol. The molecule has 0 unspecified atom stereocenters. The van der Waals surface area contributed by atoms with Crippen molar-refractivity contribution in [2.75, 3.05) is 19.5 Å². The van der Waals surface area contributed by atoms with Gasteiger partial charge in [-0.15, -0.1) is 11.3 Å². The molecular formula is C25H20N4O5S. The number of aryl methyl sites for hydroxylation is 1. The van der Waals surface area contributed by atoms with Crippen LogP contribution in [0.3, 0.4) is 0 Å². The van der Waals surface area contributed by atoms with Crippen LogP contribution in [0.5, 0.6) is 11.5 Å². The molecule has 0 aliphatic rings. The highest BCUT2D eigenvalue weighted by molar-refractivity contribution is 7.12. The highest BCUT2D eigenvalue weighted by atomic mass is 32.1. The summed E-state index contributed by atoms with van der Waals surface area (Å²) in [7, 11) is 3.16. The van der Waals surface area contributed by atoms with E-state index in [4.69, 9.17) is 13.9 Å². The number of aromatic nitrogens is 3. The van der Waals surface area contributed by atoms with Gasteiger partial charge in [-0.05, 0) is 37.3 Å². The Kier molecular flexibility index (Phi) is 5.79. The minimum atomic E-state index is -0.564. The summed E-state index contributed by atoms with van der Waals surface area (Å²) in [4.78, 5) is 30.0. The van der Waals surface area contributed by atoms with E-state index in [0.717, 1.165) is 11.3 Å². The van der Waals surface area contributed by atoms with Gasteiger partial charge in [0.1, 0.15) is 11.4 Å². The molecule has 5 aromatic rings. The molecule has 3 aromatic heterocycles. The van der Waals surface area contributed by atoms with Crippen LogP contribution in [0.15, 0.2) is 69.2 Å². The van der Waals surface area contributed by atoms with Crippen molar-refractivity contribution < 1.29 is 18.7 Å². The topological polar surface area (TPSA) is 108 Å². The van der Waals surface area contributed by atoms with Crippen molar-refractivity contribution in [3.05, 3.63) is 81.7 Å². The summed E-state index contributed by atoms with van der Waals surface area (Å²) >= 11 is 1.37. The number of carbonyl (C=O) groups is 1. The second kappa shape index (κ2) is 9.07. The molecule has 2 aromatic carbocycles. The summed E-state index contributed by atoms with van der Waals surface area (Å²) in [5.74, 6) is 0.963. The molecule has 0 saturated heterocycles. The lowest BCUT2D eigenvalue weighted by Gasteiger charge is -2.08. The van der Waals surface area contributed by atoms with E-state index in [1.54, 1.807) is 49.2 Å². The number of benzene rings is 2. The Bertz CT molecular complexity index is 1620. The van der Waals surface area contributed by atoms with Crippen LogP contribution < -0.4 is 20.2 Å². The molecule has 1 amide bonds. The van der Waals surface area contributed by atoms with Crippen molar-refractivity contribution in [3.8, 4) is 27.9 Å². The quantitative estimate of drug-likeness (QED) is 0.370. The van der Waals surface area contributed by atoms with Crippen LogP contribution in [-0.2, 0) is 0 Å². The lowest BCUT2D eigenvalue weighted by atomic mass is 10.1. The number of hydrogen-bond donors (Lipinski definition) is 1. The van der Waals surface area contributed by atoms with Crippen molar-refractivity contribution >= 4 is 34.0 Å². The van der Waals surface area contributed by atoms with Crippen LogP contribution in [0.4, 0.5) is 5.82 Å². The molecule has 0 bridgehead atoms. The minimum Gasteiger partial charge on any atom is -0.493 e. The van der Waals surface area contributed by atoms with Crippen molar-refractivity contribution in [2.24, 2.45) is 0 Å². The SMILES string of the molecule is COc1ccc(-c2csc(-n3nc(C)cc3NC(=O)c3cc(=O)c4ccccc4o3)n2)cc1OC. The van der Waals surface area contributed by atoms with Crippen LogP contribution in [0.2, 0.25) is 0 Å². The van der Waals surface area contributed by atoms with Gasteiger partial charge in [0.25, 0.3) is 5.91 Å². The summed E-state index contributed by atoms with van der Waals surface area (Å²) in [5, 5.41) is 10.1. The van der Waals surface area contributed by atoms with Gasteiger partial charge in [-0.25, -0.2) is 4.98 Å². The molecule has 0 aliphatic heterocycles. The third kappa shape index (κ3) is 4.26. The summed E-state index contributed by atoms with van der Waals surface area (Å²) < 4.78 is 17.9. The summed E-state index contributed by atoms with van der Waals surface area (Å²) in [6, 6.07) is 15.2. The second-order valence-corrected chi connectivity index (χ2v) is 8.43. The summed E-state index contributed by atoms with van der Waals surface area (Å²) in [6.07, 6.45) is 0. The molecule has 0 spiro atoms. The number of para-hydroxylation sites is 1. The maximum atomic E-state index is 12.9. The normalized spacial score (nSPS) is 10.9. The lowest BCUT2D eigenvalue weighted by Crippen LogP contribution is -2.17. The molecule has 0 atom stereocenters. The third-order valence-electron chi connectivity index (χ3n) is 5.28. The van der Waals surface area contributed by atoms with E-state index < -0.39 is 5.91 Å². The third-order valence-corrected chi connectivity index (χ3v) is 6.10. The fourth-order valence-electron chi connectivity index (χ4n) is 3.62. The Morgan fingerprint density at radius 1 is 1.06 bits per heavy atom. The Balaban J connectivity index is 1.45. The maximum Gasteiger partial charge on any atom is 0.292 e. The fraction of sp³-hybridized carbons (Fsp3) is 0.120. The number of methoxy groups -OCH3 is 2. The van der Waals surface area contributed by atoms with Crippen LogP contribution >= 0.6 is 11.3 Å². The monoisotopic (exact) mass is 488 g/mol. The Morgan fingerprint density at radius 3 is 2.66 bits per heavy atom. The number of nitrogens with zero attached hydrogens (tertiary/aromatic N) is 3. The molecule has 0 aliphatic carbocycles. The zero-order chi connectivity index (χ0) is 24.5. The molecule has 5 rings (SSSR count). The number of hydrogen-bond acceptors (Lipinski definition) is 8. The zero-order valence-electron chi connectivity index (χ0n) is 19.1. The number of rotatable bonds is 6. The Hall–Kier alpha value is -4.44. The first-order valence-electron chi connectivity index (χ1n) is 10.6. The van der Waals surface area contributed by atoms with Gasteiger partial charge >= 0.3 is 0 Å². The van der Waals surface area contributed by atoms with E-state index in [0.29, 0.717) is 39.1 Å². The minimum absolute atomic E-state index is 0.0933. The predicted molar refractivity (Wildman–Crippen MR) is 133 cm³/mol. The van der Waals surface area contributed by atoms with E-state index in [1.165, 1.54) is 17.4 Å². The van der Waals surface area contributed by atoms with Crippen molar-refractivity contribution in [2.45, 2.75) is 6.92 Å². The highest BCUT2D eigenvalue weighted by Gasteiger charge is 2.18. The van der Waals surface area contributed by atoms with Crippen molar-refractivity contribution in [1.29, 1.82) is 0 Å². The molecule has 9 nitrogen and oxygen atoms in total. The van der Waals surface area contributed by atoms with Gasteiger partial charge in [0.2, 0.25) is 5.13 Å². The average Bonchev–Trinajstić information content (AvgIpc) is 3.50. The fourth-order valence-corrected chi connectivity index (χ4v) is 4.41. The molecule has 176 valence electrons. The van der Waals surface area contributed by atoms with Gasteiger partial charge in [-0.2, -0.15) is 9.78 Å². The molecule has 3 heterocycles. The number of anilines is 1. The van der Waals surface area contributed by atoms with Crippen LogP contribution in [0, 0.1) is 6.92 Å².